The van der Waals surface area contributed by atoms with E-state index in [1.165, 1.54) is 6.92 Å². The standard InChI is InChI=1S/C73H123N5O53/c1-18-39(94)50(105)54(109)67(117-18)114-15-27(93)57(40(95)24(8-79)74-19(2)86)125-65-37(77-22(5)89)48(103)59(32(14-85)121-65)127-69-56(111)61(46(101)33(123-69)16-115-70-62(52(107)43(98)29(11-82)119-70)129-64-36(76-21(4)88)47(102)42(97)28(10-81)118-64)128-71-63(53(108)44(99)30(12-83)120-71)130-66-38(78-23(6)90)49(104)58(31(13-84)122-66)126-68-55(110)51(106)45(100)34(124-68)17-116-73(72(112)113)7-25(91)35(75-20(3)87)60(131-73)41(96)26(92)9-80/h18,24-71,79-85,91-111H,7-17H2,1-6H3,(H,74,86)(H,75,87)(H,76,88)(H,77,89)(H,78,90)(H,112,113)/t18-,24-,25-,26+,27+,28+,29+,30+,31+,32+,33+,34+,35+,36+,37+,38+,39+,40+,41+,42+,43+,44+,45-,46+,47+,48+,49+,50+,51-,52-,53-,54-,55+,56-,57+,58+,59+,60+,61-,62-,63-,64-,65-,66-,67+,68-,69-,70-,71+,73+/m0/s1. The minimum atomic E-state index is -3.11. The average Bonchev–Trinajstić information content (AvgIpc) is 0.768. The monoisotopic (exact) mass is 1920 g/mol. The number of carboxylic acids is 1. The first-order valence-electron chi connectivity index (χ1n) is 41.5. The Bertz CT molecular complexity index is 3610. The number of amides is 5. The van der Waals surface area contributed by atoms with Crippen LogP contribution in [0.4, 0.5) is 0 Å². The van der Waals surface area contributed by atoms with Gasteiger partial charge < -0.3 is 260 Å². The third-order valence-electron chi connectivity index (χ3n) is 23.4. The predicted octanol–water partition coefficient (Wildman–Crippen LogP) is -22.2. The second-order valence-corrected chi connectivity index (χ2v) is 33.0. The highest BCUT2D eigenvalue weighted by Crippen LogP contribution is 2.41. The van der Waals surface area contributed by atoms with Gasteiger partial charge in [0.15, 0.2) is 50.3 Å². The fourth-order valence-corrected chi connectivity index (χ4v) is 16.4. The predicted molar refractivity (Wildman–Crippen MR) is 406 cm³/mol. The molecule has 0 spiro atoms. The SMILES string of the molecule is CC(=O)N[C@H]1[C@H](O[C@@H]([C@H](O)[C@H](CO)NC(C)=O)[C@H](O)CO[C@@H]2O[C@@H](C)[C@@H](O)[C@@H](O)[C@@H]2O)O[C@H](CO)[C@@H](O[C@@H]2O[C@H](CO[C@H]3O[C@H](CO)[C@@H](O)[C@H](O)[C@@H]3O[C@@H]3O[C@H](CO)[C@@H](O)[C@H](O)[C@H]3NC(C)=O)[C@@H](O)[C@H](O[C@H]3O[C@H](CO)[C@@H](O)[C@H](O)[C@@H]3O[C@@H]3O[C@H](CO)[C@@H](O[C@@H]4O[C@H](CO[C@]5(C(=O)O)C[C@H](O)[C@@H](NC(C)=O)[C@H]([C@H](O)[C@H](O)CO)O5)[C@H](O)[C@H](O)[C@H]4O)[C@H](O)[C@H]3NC(C)=O)[C@@H]2O)[C@@H]1O. The zero-order valence-electron chi connectivity index (χ0n) is 70.8. The molecule has 0 aliphatic carbocycles. The van der Waals surface area contributed by atoms with E-state index in [1.807, 2.05) is 0 Å². The van der Waals surface area contributed by atoms with E-state index in [-0.39, 0.29) is 0 Å². The maximum atomic E-state index is 13.2. The number of carbonyl (C=O) groups excluding carboxylic acids is 5. The van der Waals surface area contributed by atoms with Crippen LogP contribution in [0.5, 0.6) is 0 Å². The Balaban J connectivity index is 1.04. The largest absolute Gasteiger partial charge is 0.477 e. The van der Waals surface area contributed by atoms with E-state index < -0.39 is 414 Å². The van der Waals surface area contributed by atoms with Crippen LogP contribution < -0.4 is 26.6 Å². The van der Waals surface area contributed by atoms with Gasteiger partial charge in [-0.1, -0.05) is 0 Å². The topological polar surface area (TPSA) is 915 Å². The van der Waals surface area contributed by atoms with Crippen LogP contribution in [-0.2, 0) is 114 Å². The number of hydrogen-bond acceptors (Lipinski definition) is 52. The van der Waals surface area contributed by atoms with Crippen LogP contribution in [-0.4, -0.2) is 556 Å². The summed E-state index contributed by atoms with van der Waals surface area (Å²) in [4.78, 5) is 76.6. The van der Waals surface area contributed by atoms with Gasteiger partial charge in [-0.3, -0.25) is 24.0 Å². The molecule has 131 heavy (non-hydrogen) atoms. The zero-order valence-corrected chi connectivity index (χ0v) is 70.8. The van der Waals surface area contributed by atoms with E-state index in [0.717, 1.165) is 34.6 Å². The van der Waals surface area contributed by atoms with Crippen LogP contribution >= 0.6 is 0 Å². The number of aliphatic carboxylic acids is 1. The Morgan fingerprint density at radius 2 is 0.771 bits per heavy atom. The number of aliphatic hydroxyl groups is 28. The summed E-state index contributed by atoms with van der Waals surface area (Å²) < 4.78 is 106. The summed E-state index contributed by atoms with van der Waals surface area (Å²) in [6, 6.07) is -9.48. The Morgan fingerprint density at radius 3 is 1.26 bits per heavy atom. The summed E-state index contributed by atoms with van der Waals surface area (Å²) in [5.74, 6) is -9.90. The van der Waals surface area contributed by atoms with Gasteiger partial charge in [0.2, 0.25) is 29.5 Å². The van der Waals surface area contributed by atoms with E-state index in [1.54, 1.807) is 0 Å². The van der Waals surface area contributed by atoms with Gasteiger partial charge in [-0.2, -0.15) is 0 Å². The minimum absolute atomic E-state index is 0.853. The molecule has 0 radical (unpaired) electrons. The third-order valence-corrected chi connectivity index (χ3v) is 23.4. The van der Waals surface area contributed by atoms with Crippen molar-refractivity contribution in [3.63, 3.8) is 0 Å². The van der Waals surface area contributed by atoms with Crippen molar-refractivity contribution in [1.82, 2.24) is 26.6 Å². The first-order chi connectivity index (χ1) is 61.7. The molecule has 5 amide bonds. The summed E-state index contributed by atoms with van der Waals surface area (Å²) in [6.07, 6.45) is -97.1. The van der Waals surface area contributed by atoms with Gasteiger partial charge in [-0.25, -0.2) is 4.79 Å². The van der Waals surface area contributed by atoms with Crippen molar-refractivity contribution < 1.29 is 262 Å². The summed E-state index contributed by atoms with van der Waals surface area (Å²) in [6.45, 7) is -5.98. The molecule has 9 heterocycles. The Kier molecular flexibility index (Phi) is 40.2. The number of aliphatic hydroxyl groups excluding tert-OH is 28. The molecule has 9 rings (SSSR count). The normalized spacial score (nSPS) is 45.0. The van der Waals surface area contributed by atoms with Crippen molar-refractivity contribution in [3.05, 3.63) is 0 Å². The lowest BCUT2D eigenvalue weighted by Crippen LogP contribution is -2.70. The van der Waals surface area contributed by atoms with E-state index in [2.05, 4.69) is 26.6 Å². The van der Waals surface area contributed by atoms with Crippen LogP contribution in [0.3, 0.4) is 0 Å². The molecule has 0 aromatic carbocycles. The highest BCUT2D eigenvalue weighted by atomic mass is 16.8. The van der Waals surface area contributed by atoms with E-state index in [4.69, 9.17) is 85.3 Å². The molecule has 9 aliphatic heterocycles. The number of carbonyl (C=O) groups is 6. The van der Waals surface area contributed by atoms with Gasteiger partial charge in [0.05, 0.1) is 90.4 Å². The number of hydrogen-bond donors (Lipinski definition) is 34. The number of nitrogens with one attached hydrogen (secondary N) is 5. The number of rotatable bonds is 39. The molecule has 50 atom stereocenters. The molecule has 34 N–H and O–H groups in total. The lowest BCUT2D eigenvalue weighted by molar-refractivity contribution is -0.398. The Morgan fingerprint density at radius 1 is 0.366 bits per heavy atom. The third kappa shape index (κ3) is 25.4. The van der Waals surface area contributed by atoms with Crippen molar-refractivity contribution in [3.8, 4) is 0 Å². The van der Waals surface area contributed by atoms with Crippen molar-refractivity contribution in [2.45, 2.75) is 354 Å². The molecule has 0 saturated carbocycles. The molecule has 9 fully saturated rings. The molecule has 9 saturated heterocycles. The Labute approximate surface area is 742 Å². The van der Waals surface area contributed by atoms with E-state index in [9.17, 15) is 177 Å². The molecule has 58 heteroatoms. The quantitative estimate of drug-likeness (QED) is 0.0272. The van der Waals surface area contributed by atoms with Crippen molar-refractivity contribution in [2.24, 2.45) is 0 Å². The van der Waals surface area contributed by atoms with Gasteiger partial charge in [-0.15, -0.1) is 0 Å². The van der Waals surface area contributed by atoms with Crippen LogP contribution in [0.15, 0.2) is 0 Å². The van der Waals surface area contributed by atoms with Gasteiger partial charge in [-0.05, 0) is 6.92 Å². The second-order valence-electron chi connectivity index (χ2n) is 33.0. The summed E-state index contributed by atoms with van der Waals surface area (Å²) in [7, 11) is 0. The molecular weight excluding hydrogens is 1790 g/mol. The molecule has 0 aromatic rings. The fourth-order valence-electron chi connectivity index (χ4n) is 16.4. The number of ether oxygens (including phenoxy) is 18. The molecule has 0 bridgehead atoms. The lowest BCUT2D eigenvalue weighted by atomic mass is 9.88. The molecule has 0 aromatic heterocycles. The van der Waals surface area contributed by atoms with E-state index in [0.29, 0.717) is 0 Å². The van der Waals surface area contributed by atoms with Crippen molar-refractivity contribution in [2.75, 3.05) is 66.1 Å². The van der Waals surface area contributed by atoms with Gasteiger partial charge in [0.25, 0.3) is 5.79 Å². The Hall–Kier alpha value is -5.02. The molecule has 758 valence electrons. The van der Waals surface area contributed by atoms with Crippen LogP contribution in [0, 0.1) is 0 Å². The van der Waals surface area contributed by atoms with Crippen molar-refractivity contribution >= 4 is 35.5 Å². The average molecular weight is 1920 g/mol. The molecule has 0 unspecified atom stereocenters. The molecule has 9 aliphatic rings. The summed E-state index contributed by atoms with van der Waals surface area (Å²) in [5.41, 5.74) is 0. The smallest absolute Gasteiger partial charge is 0.364 e. The maximum absolute atomic E-state index is 13.2. The molecular formula is C73H123N5O53. The van der Waals surface area contributed by atoms with Crippen LogP contribution in [0.25, 0.3) is 0 Å². The lowest BCUT2D eigenvalue weighted by Gasteiger charge is -2.51. The fraction of sp³-hybridized carbons (Fsp3) is 0.918. The summed E-state index contributed by atoms with van der Waals surface area (Å²) >= 11 is 0. The first-order valence-corrected chi connectivity index (χ1v) is 41.5. The van der Waals surface area contributed by atoms with Crippen LogP contribution in [0.1, 0.15) is 48.0 Å². The highest BCUT2D eigenvalue weighted by Gasteiger charge is 2.62. The second kappa shape index (κ2) is 48.0. The molecule has 58 nitrogen and oxygen atoms in total. The zero-order chi connectivity index (χ0) is 97.3. The van der Waals surface area contributed by atoms with Gasteiger partial charge >= 0.3 is 5.97 Å². The number of carboxylic acid groups (broad SMARTS) is 1. The van der Waals surface area contributed by atoms with Gasteiger partial charge in [0, 0.05) is 41.0 Å². The highest BCUT2D eigenvalue weighted by molar-refractivity contribution is 5.77. The minimum Gasteiger partial charge on any atom is -0.477 e. The van der Waals surface area contributed by atoms with Crippen molar-refractivity contribution in [1.29, 1.82) is 0 Å². The first kappa shape index (κ1) is 110. The maximum Gasteiger partial charge on any atom is 0.364 e. The van der Waals surface area contributed by atoms with E-state index >= 15 is 0 Å². The van der Waals surface area contributed by atoms with Crippen LogP contribution in [0.2, 0.25) is 0 Å². The summed E-state index contributed by atoms with van der Waals surface area (Å²) in [5, 5.41) is 336. The van der Waals surface area contributed by atoms with Gasteiger partial charge in [0.1, 0.15) is 226 Å².